The van der Waals surface area contributed by atoms with Crippen molar-refractivity contribution in [2.45, 2.75) is 10.1 Å². The van der Waals surface area contributed by atoms with Crippen molar-refractivity contribution in [3.8, 4) is 5.69 Å². The molecule has 4 heteroatoms. The number of nitrogens with zero attached hydrogens (tertiary/aromatic N) is 1. The van der Waals surface area contributed by atoms with Gasteiger partial charge in [-0.05, 0) is 29.8 Å². The van der Waals surface area contributed by atoms with E-state index >= 15 is 0 Å². The van der Waals surface area contributed by atoms with Crippen LogP contribution >= 0.6 is 0 Å². The van der Waals surface area contributed by atoms with E-state index in [0.29, 0.717) is 10.6 Å². The number of hydrogen-bond acceptors (Lipinski definition) is 2. The molecule has 0 unspecified atom stereocenters. The molecule has 3 aromatic rings. The van der Waals surface area contributed by atoms with Crippen molar-refractivity contribution in [2.75, 3.05) is 0 Å². The normalized spacial score (nSPS) is 20.1. The van der Waals surface area contributed by atoms with E-state index in [1.54, 1.807) is 6.07 Å². The van der Waals surface area contributed by atoms with E-state index in [4.69, 9.17) is 0 Å². The van der Waals surface area contributed by atoms with E-state index in [-0.39, 0.29) is 5.78 Å². The summed E-state index contributed by atoms with van der Waals surface area (Å²) in [6, 6.07) is 20.5. The maximum Gasteiger partial charge on any atom is 0.199 e. The van der Waals surface area contributed by atoms with Gasteiger partial charge in [0.15, 0.2) is 5.78 Å². The zero-order valence-electron chi connectivity index (χ0n) is 11.7. The number of ketones is 1. The van der Waals surface area contributed by atoms with Crippen LogP contribution in [0, 0.1) is 0 Å². The Hall–Kier alpha value is -2.46. The summed E-state index contributed by atoms with van der Waals surface area (Å²) in [6.07, 6.45) is 1.84. The summed E-state index contributed by atoms with van der Waals surface area (Å²) in [5.74, 6) is -0.106. The van der Waals surface area contributed by atoms with Crippen molar-refractivity contribution in [2.24, 2.45) is 0 Å². The molecule has 0 radical (unpaired) electrons. The minimum absolute atomic E-state index is 0.106. The third-order valence-electron chi connectivity index (χ3n) is 3.90. The smallest absolute Gasteiger partial charge is 0.199 e. The van der Waals surface area contributed by atoms with Crippen LogP contribution in [0.1, 0.15) is 21.3 Å². The van der Waals surface area contributed by atoms with Crippen molar-refractivity contribution in [3.05, 3.63) is 84.2 Å². The van der Waals surface area contributed by atoms with Gasteiger partial charge in [-0.15, -0.1) is 0 Å². The third-order valence-corrected chi connectivity index (χ3v) is 5.59. The van der Waals surface area contributed by atoms with Crippen molar-refractivity contribution >= 4 is 16.6 Å². The monoisotopic (exact) mass is 307 g/mol. The van der Waals surface area contributed by atoms with Gasteiger partial charge in [0.25, 0.3) is 0 Å². The lowest BCUT2D eigenvalue weighted by Crippen LogP contribution is -2.17. The van der Waals surface area contributed by atoms with Gasteiger partial charge in [0, 0.05) is 6.20 Å². The Morgan fingerprint density at radius 1 is 0.864 bits per heavy atom. The van der Waals surface area contributed by atoms with Gasteiger partial charge in [-0.25, -0.2) is 0 Å². The van der Waals surface area contributed by atoms with Gasteiger partial charge < -0.3 is 4.57 Å². The molecule has 0 bridgehead atoms. The second kappa shape index (κ2) is 5.07. The summed E-state index contributed by atoms with van der Waals surface area (Å²) < 4.78 is 14.9. The topological polar surface area (TPSA) is 39.1 Å². The molecule has 22 heavy (non-hydrogen) atoms. The molecule has 2 atom stereocenters. The maximum atomic E-state index is 13.1. The molecule has 1 aliphatic rings. The summed E-state index contributed by atoms with van der Waals surface area (Å²) in [5, 5.41) is -0.668. The standard InChI is InChI=1S/C18H13NO2S/c20-17-15-10-6-12-19(15)14-9-4-5-11-16(14)22(21)18(17)13-7-2-1-3-8-13/h1-12,18H/t18-,22+/m0/s1. The number of para-hydroxylation sites is 1. The molecule has 2 heterocycles. The van der Waals surface area contributed by atoms with E-state index in [2.05, 4.69) is 0 Å². The second-order valence-electron chi connectivity index (χ2n) is 5.18. The summed E-state index contributed by atoms with van der Waals surface area (Å²) in [7, 11) is -1.43. The predicted octanol–water partition coefficient (Wildman–Crippen LogP) is 3.52. The van der Waals surface area contributed by atoms with Crippen LogP contribution in [0.3, 0.4) is 0 Å². The SMILES string of the molecule is O=C1c2cccn2-c2ccccc2[S@@](=O)[C@H]1c1ccccc1. The maximum absolute atomic E-state index is 13.1. The zero-order chi connectivity index (χ0) is 15.1. The molecule has 1 aliphatic heterocycles. The van der Waals surface area contributed by atoms with Crippen LogP contribution in [0.4, 0.5) is 0 Å². The summed E-state index contributed by atoms with van der Waals surface area (Å²) in [4.78, 5) is 13.7. The molecular formula is C18H13NO2S. The van der Waals surface area contributed by atoms with E-state index in [1.165, 1.54) is 0 Å². The first-order valence-corrected chi connectivity index (χ1v) is 8.25. The Morgan fingerprint density at radius 2 is 1.59 bits per heavy atom. The number of Topliss-reactive ketones (excluding diaryl/α,β-unsaturated/α-hetero) is 1. The van der Waals surface area contributed by atoms with Crippen LogP contribution in [-0.4, -0.2) is 14.6 Å². The molecule has 1 aromatic heterocycles. The first-order chi connectivity index (χ1) is 10.8. The van der Waals surface area contributed by atoms with Crippen LogP contribution < -0.4 is 0 Å². The molecule has 0 aliphatic carbocycles. The Balaban J connectivity index is 2.01. The van der Waals surface area contributed by atoms with E-state index in [1.807, 2.05) is 71.4 Å². The number of benzene rings is 2. The highest BCUT2D eigenvalue weighted by molar-refractivity contribution is 7.86. The highest BCUT2D eigenvalue weighted by atomic mass is 32.2. The Labute approximate surface area is 130 Å². The lowest BCUT2D eigenvalue weighted by Gasteiger charge is -2.13. The molecule has 0 spiro atoms. The van der Waals surface area contributed by atoms with E-state index < -0.39 is 16.0 Å². The molecule has 108 valence electrons. The van der Waals surface area contributed by atoms with E-state index in [9.17, 15) is 9.00 Å². The lowest BCUT2D eigenvalue weighted by molar-refractivity contribution is 0.0982. The number of rotatable bonds is 1. The number of carbonyl (C=O) groups excluding carboxylic acids is 1. The van der Waals surface area contributed by atoms with Gasteiger partial charge in [-0.2, -0.15) is 0 Å². The van der Waals surface area contributed by atoms with Gasteiger partial charge in [-0.1, -0.05) is 42.5 Å². The third kappa shape index (κ3) is 1.88. The molecule has 4 rings (SSSR count). The highest BCUT2D eigenvalue weighted by Gasteiger charge is 2.35. The van der Waals surface area contributed by atoms with Crippen LogP contribution in [-0.2, 0) is 10.8 Å². The Kier molecular flexibility index (Phi) is 3.05. The summed E-state index contributed by atoms with van der Waals surface area (Å²) >= 11 is 0. The Morgan fingerprint density at radius 3 is 2.41 bits per heavy atom. The lowest BCUT2D eigenvalue weighted by atomic mass is 10.1. The molecule has 3 nitrogen and oxygen atoms in total. The second-order valence-corrected chi connectivity index (χ2v) is 6.69. The van der Waals surface area contributed by atoms with Crippen molar-refractivity contribution in [1.82, 2.24) is 4.57 Å². The Bertz CT molecular complexity index is 883. The molecule has 0 saturated heterocycles. The average molecular weight is 307 g/mol. The number of hydrogen-bond donors (Lipinski definition) is 0. The fraction of sp³-hybridized carbons (Fsp3) is 0.0556. The molecular weight excluding hydrogens is 294 g/mol. The first kappa shape index (κ1) is 13.2. The molecule has 0 saturated carbocycles. The van der Waals surface area contributed by atoms with Crippen molar-refractivity contribution in [1.29, 1.82) is 0 Å². The molecule has 0 N–H and O–H groups in total. The van der Waals surface area contributed by atoms with Gasteiger partial charge in [-0.3, -0.25) is 9.00 Å². The van der Waals surface area contributed by atoms with Crippen molar-refractivity contribution < 1.29 is 9.00 Å². The van der Waals surface area contributed by atoms with Gasteiger partial charge in [0.1, 0.15) is 5.25 Å². The van der Waals surface area contributed by atoms with Crippen LogP contribution in [0.2, 0.25) is 0 Å². The summed E-state index contributed by atoms with van der Waals surface area (Å²) in [5.41, 5.74) is 2.18. The minimum Gasteiger partial charge on any atom is -0.313 e. The fourth-order valence-corrected chi connectivity index (χ4v) is 4.44. The molecule has 2 aromatic carbocycles. The highest BCUT2D eigenvalue weighted by Crippen LogP contribution is 2.35. The van der Waals surface area contributed by atoms with Gasteiger partial charge in [0.2, 0.25) is 0 Å². The van der Waals surface area contributed by atoms with Gasteiger partial charge in [0.05, 0.1) is 27.1 Å². The van der Waals surface area contributed by atoms with Crippen LogP contribution in [0.25, 0.3) is 5.69 Å². The minimum atomic E-state index is -1.43. The largest absolute Gasteiger partial charge is 0.313 e. The number of carbonyl (C=O) groups is 1. The average Bonchev–Trinajstić information content (AvgIpc) is 3.02. The fourth-order valence-electron chi connectivity index (χ4n) is 2.88. The van der Waals surface area contributed by atoms with E-state index in [0.717, 1.165) is 11.3 Å². The number of aromatic nitrogens is 1. The summed E-state index contributed by atoms with van der Waals surface area (Å²) in [6.45, 7) is 0. The number of fused-ring (bicyclic) bond motifs is 3. The van der Waals surface area contributed by atoms with Crippen LogP contribution in [0.15, 0.2) is 77.8 Å². The molecule has 0 amide bonds. The molecule has 0 fully saturated rings. The predicted molar refractivity (Wildman–Crippen MR) is 85.7 cm³/mol. The van der Waals surface area contributed by atoms with Crippen LogP contribution in [0.5, 0.6) is 0 Å². The zero-order valence-corrected chi connectivity index (χ0v) is 12.5. The van der Waals surface area contributed by atoms with Crippen molar-refractivity contribution in [3.63, 3.8) is 0 Å². The van der Waals surface area contributed by atoms with Gasteiger partial charge >= 0.3 is 0 Å². The quantitative estimate of drug-likeness (QED) is 0.690. The first-order valence-electron chi connectivity index (χ1n) is 7.04.